The molecule has 0 aromatic heterocycles. The summed E-state index contributed by atoms with van der Waals surface area (Å²) in [7, 11) is 1.45. The van der Waals surface area contributed by atoms with E-state index in [1.807, 2.05) is 0 Å². The average molecular weight is 261 g/mol. The van der Waals surface area contributed by atoms with Crippen LogP contribution in [0.15, 0.2) is 12.1 Å². The van der Waals surface area contributed by atoms with Crippen molar-refractivity contribution in [2.24, 2.45) is 5.92 Å². The van der Waals surface area contributed by atoms with E-state index in [2.05, 4.69) is 38.2 Å². The van der Waals surface area contributed by atoms with Gasteiger partial charge in [0.15, 0.2) is 0 Å². The van der Waals surface area contributed by atoms with Crippen LogP contribution in [0.4, 0.5) is 0 Å². The molecule has 0 saturated heterocycles. The second-order valence-corrected chi connectivity index (χ2v) is 5.62. The van der Waals surface area contributed by atoms with Gasteiger partial charge >= 0.3 is 5.97 Å². The van der Waals surface area contributed by atoms with Crippen LogP contribution in [-0.4, -0.2) is 19.6 Å². The van der Waals surface area contributed by atoms with Crippen molar-refractivity contribution in [1.82, 2.24) is 5.32 Å². The number of hydrogen-bond donors (Lipinski definition) is 1. The molecule has 2 rings (SSSR count). The van der Waals surface area contributed by atoms with Crippen molar-refractivity contribution in [3.63, 3.8) is 0 Å². The van der Waals surface area contributed by atoms with Gasteiger partial charge in [0, 0.05) is 0 Å². The molecule has 1 N–H and O–H groups in total. The minimum Gasteiger partial charge on any atom is -0.468 e. The summed E-state index contributed by atoms with van der Waals surface area (Å²) < 4.78 is 4.96. The van der Waals surface area contributed by atoms with E-state index >= 15 is 0 Å². The van der Waals surface area contributed by atoms with Crippen molar-refractivity contribution in [2.75, 3.05) is 13.7 Å². The van der Waals surface area contributed by atoms with Crippen molar-refractivity contribution in [1.29, 1.82) is 0 Å². The minimum absolute atomic E-state index is 0.198. The van der Waals surface area contributed by atoms with Crippen LogP contribution in [0.25, 0.3) is 0 Å². The van der Waals surface area contributed by atoms with Crippen LogP contribution in [0.5, 0.6) is 0 Å². The Balaban J connectivity index is 2.27. The van der Waals surface area contributed by atoms with Gasteiger partial charge in [0.25, 0.3) is 0 Å². The second kappa shape index (κ2) is 5.74. The summed E-state index contributed by atoms with van der Waals surface area (Å²) >= 11 is 0. The maximum Gasteiger partial charge on any atom is 0.327 e. The largest absolute Gasteiger partial charge is 0.468 e. The molecule has 1 atom stereocenters. The smallest absolute Gasteiger partial charge is 0.327 e. The molecule has 1 aliphatic rings. The summed E-state index contributed by atoms with van der Waals surface area (Å²) in [4.78, 5) is 12.1. The fraction of sp³-hybridized carbons (Fsp3) is 0.562. The Morgan fingerprint density at radius 2 is 1.89 bits per heavy atom. The van der Waals surface area contributed by atoms with Gasteiger partial charge < -0.3 is 10.1 Å². The van der Waals surface area contributed by atoms with Gasteiger partial charge in [-0.25, -0.2) is 4.79 Å². The molecule has 0 radical (unpaired) electrons. The first-order chi connectivity index (χ1) is 9.02. The van der Waals surface area contributed by atoms with Crippen LogP contribution < -0.4 is 5.32 Å². The SMILES string of the molecule is COC(=O)C(NCC1CC1)c1c(C)cc(C)cc1C. The van der Waals surface area contributed by atoms with Crippen LogP contribution in [0.2, 0.25) is 0 Å². The zero-order chi connectivity index (χ0) is 14.0. The van der Waals surface area contributed by atoms with Crippen LogP contribution in [0, 0.1) is 26.7 Å². The van der Waals surface area contributed by atoms with E-state index in [1.54, 1.807) is 0 Å². The number of aryl methyl sites for hydroxylation is 3. The lowest BCUT2D eigenvalue weighted by Gasteiger charge is -2.21. The van der Waals surface area contributed by atoms with E-state index in [9.17, 15) is 4.79 Å². The molecule has 1 aromatic carbocycles. The van der Waals surface area contributed by atoms with E-state index in [0.717, 1.165) is 29.2 Å². The Bertz CT molecular complexity index is 455. The Morgan fingerprint density at radius 1 is 1.32 bits per heavy atom. The maximum atomic E-state index is 12.1. The van der Waals surface area contributed by atoms with Crippen LogP contribution in [-0.2, 0) is 9.53 Å². The first kappa shape index (κ1) is 14.1. The normalized spacial score (nSPS) is 16.2. The van der Waals surface area contributed by atoms with Crippen LogP contribution in [0.1, 0.15) is 41.1 Å². The topological polar surface area (TPSA) is 38.3 Å². The monoisotopic (exact) mass is 261 g/mol. The fourth-order valence-electron chi connectivity index (χ4n) is 2.67. The molecule has 0 spiro atoms. The summed E-state index contributed by atoms with van der Waals surface area (Å²) in [5.74, 6) is 0.536. The highest BCUT2D eigenvalue weighted by atomic mass is 16.5. The lowest BCUT2D eigenvalue weighted by molar-refractivity contribution is -0.143. The first-order valence-electron chi connectivity index (χ1n) is 6.92. The quantitative estimate of drug-likeness (QED) is 0.828. The zero-order valence-electron chi connectivity index (χ0n) is 12.2. The third kappa shape index (κ3) is 3.35. The van der Waals surface area contributed by atoms with Gasteiger partial charge in [-0.2, -0.15) is 0 Å². The van der Waals surface area contributed by atoms with Crippen molar-refractivity contribution < 1.29 is 9.53 Å². The van der Waals surface area contributed by atoms with Gasteiger partial charge in [-0.1, -0.05) is 17.7 Å². The molecule has 1 fully saturated rings. The zero-order valence-corrected chi connectivity index (χ0v) is 12.2. The Labute approximate surface area is 115 Å². The predicted molar refractivity (Wildman–Crippen MR) is 76.1 cm³/mol. The summed E-state index contributed by atoms with van der Waals surface area (Å²) in [5, 5.41) is 3.38. The molecular formula is C16H23NO2. The fourth-order valence-corrected chi connectivity index (χ4v) is 2.67. The molecular weight excluding hydrogens is 238 g/mol. The molecule has 104 valence electrons. The number of benzene rings is 1. The summed E-state index contributed by atoms with van der Waals surface area (Å²) in [6, 6.07) is 3.90. The third-order valence-electron chi connectivity index (χ3n) is 3.77. The highest BCUT2D eigenvalue weighted by Crippen LogP contribution is 2.30. The van der Waals surface area contributed by atoms with Crippen molar-refractivity contribution in [3.05, 3.63) is 34.4 Å². The number of carbonyl (C=O) groups excluding carboxylic acids is 1. The second-order valence-electron chi connectivity index (χ2n) is 5.62. The maximum absolute atomic E-state index is 12.1. The van der Waals surface area contributed by atoms with E-state index in [1.165, 1.54) is 25.5 Å². The van der Waals surface area contributed by atoms with Crippen LogP contribution >= 0.6 is 0 Å². The van der Waals surface area contributed by atoms with Gasteiger partial charge in [0.2, 0.25) is 0 Å². The highest BCUT2D eigenvalue weighted by Gasteiger charge is 2.28. The van der Waals surface area contributed by atoms with Gasteiger partial charge in [0.1, 0.15) is 6.04 Å². The number of carbonyl (C=O) groups is 1. The number of ether oxygens (including phenoxy) is 1. The molecule has 3 nitrogen and oxygen atoms in total. The third-order valence-corrected chi connectivity index (χ3v) is 3.77. The van der Waals surface area contributed by atoms with E-state index in [-0.39, 0.29) is 12.0 Å². The molecule has 1 saturated carbocycles. The Kier molecular flexibility index (Phi) is 4.25. The molecule has 0 aliphatic heterocycles. The number of methoxy groups -OCH3 is 1. The van der Waals surface area contributed by atoms with E-state index in [0.29, 0.717) is 0 Å². The molecule has 0 amide bonds. The van der Waals surface area contributed by atoms with Gasteiger partial charge in [0.05, 0.1) is 7.11 Å². The van der Waals surface area contributed by atoms with Crippen molar-refractivity contribution in [3.8, 4) is 0 Å². The molecule has 0 bridgehead atoms. The minimum atomic E-state index is -0.341. The standard InChI is InChI=1S/C16H23NO2/c1-10-7-11(2)14(12(3)8-10)15(16(18)19-4)17-9-13-5-6-13/h7-8,13,15,17H,5-6,9H2,1-4H3. The summed E-state index contributed by atoms with van der Waals surface area (Å²) in [6.07, 6.45) is 2.54. The van der Waals surface area contributed by atoms with Gasteiger partial charge in [-0.05, 0) is 62.8 Å². The van der Waals surface area contributed by atoms with E-state index in [4.69, 9.17) is 4.74 Å². The lowest BCUT2D eigenvalue weighted by Crippen LogP contribution is -2.32. The molecule has 19 heavy (non-hydrogen) atoms. The molecule has 0 heterocycles. The van der Waals surface area contributed by atoms with E-state index < -0.39 is 0 Å². The van der Waals surface area contributed by atoms with Gasteiger partial charge in [-0.3, -0.25) is 0 Å². The summed E-state index contributed by atoms with van der Waals surface area (Å²) in [5.41, 5.74) is 4.59. The molecule has 1 unspecified atom stereocenters. The first-order valence-corrected chi connectivity index (χ1v) is 6.92. The van der Waals surface area contributed by atoms with Gasteiger partial charge in [-0.15, -0.1) is 0 Å². The molecule has 1 aliphatic carbocycles. The number of nitrogens with one attached hydrogen (secondary N) is 1. The predicted octanol–water partition coefficient (Wildman–Crippen LogP) is 2.83. The Morgan fingerprint density at radius 3 is 2.37 bits per heavy atom. The van der Waals surface area contributed by atoms with Crippen molar-refractivity contribution in [2.45, 2.75) is 39.7 Å². The number of esters is 1. The highest BCUT2D eigenvalue weighted by molar-refractivity contribution is 5.78. The number of rotatable bonds is 5. The molecule has 3 heteroatoms. The lowest BCUT2D eigenvalue weighted by atomic mass is 9.94. The summed E-state index contributed by atoms with van der Waals surface area (Å²) in [6.45, 7) is 7.09. The molecule has 1 aromatic rings. The Hall–Kier alpha value is -1.35. The number of hydrogen-bond acceptors (Lipinski definition) is 3. The van der Waals surface area contributed by atoms with Crippen molar-refractivity contribution >= 4 is 5.97 Å². The van der Waals surface area contributed by atoms with Crippen LogP contribution in [0.3, 0.4) is 0 Å². The average Bonchev–Trinajstić information content (AvgIpc) is 3.15.